The number of ether oxygens (including phenoxy) is 6. The van der Waals surface area contributed by atoms with E-state index < -0.39 is 12.2 Å². The molecule has 2 aliphatic rings. The molecule has 0 N–H and O–H groups in total. The van der Waals surface area contributed by atoms with Crippen LogP contribution in [0.2, 0.25) is 0 Å². The third-order valence-electron chi connectivity index (χ3n) is 14.2. The maximum absolute atomic E-state index is 13.1. The van der Waals surface area contributed by atoms with Crippen LogP contribution >= 0.6 is 0 Å². The molecule has 4 rings (SSSR count). The van der Waals surface area contributed by atoms with Crippen LogP contribution in [0, 0.1) is 0 Å². The molecule has 2 aromatic carbocycles. The average Bonchev–Trinajstić information content (AvgIpc) is 3.21. The van der Waals surface area contributed by atoms with E-state index in [1.807, 2.05) is 24.3 Å². The molecule has 0 amide bonds. The third-order valence-corrected chi connectivity index (χ3v) is 14.2. The van der Waals surface area contributed by atoms with Gasteiger partial charge in [0.1, 0.15) is 49.1 Å². The number of esters is 4. The van der Waals surface area contributed by atoms with Gasteiger partial charge in [-0.2, -0.15) is 0 Å². The predicted octanol–water partition coefficient (Wildman–Crippen LogP) is 11.9. The number of unbranched alkanes of at least 4 members (excludes halogenated alkanes) is 5. The van der Waals surface area contributed by atoms with Gasteiger partial charge < -0.3 is 28.4 Å². The van der Waals surface area contributed by atoms with E-state index in [1.54, 1.807) is 0 Å². The minimum absolute atomic E-state index is 0.0408. The lowest BCUT2D eigenvalue weighted by Crippen LogP contribution is -2.64. The van der Waals surface area contributed by atoms with Gasteiger partial charge >= 0.3 is 23.9 Å². The standard InChI is InChI=1S/C58H92N2O10/c1-41(61)67-49(39-65-45-29-25-43(26-30-45)53(3,4)5)37-59-55(9,10)33-47(34-56(59,11)12)69-51(63)23-21-19-17-18-20-22-24-52(64)70-48-35-57(13,14)60(58(15,16)36-48)38-50(68-42(2)62)40-66-46-31-27-44(28-32-46)54(6,7)8/h25-32,47-50H,17-24,33-40H2,1-16H3. The Morgan fingerprint density at radius 2 is 0.786 bits per heavy atom. The molecule has 394 valence electrons. The molecule has 2 fully saturated rings. The Balaban J connectivity index is 1.14. The SMILES string of the molecule is CC(=O)OC(COc1ccc(C(C)(C)C)cc1)CN1C(C)(C)CC(OC(=O)CCCCCCCCC(=O)OC2CC(C)(C)N(CC(COc3ccc(C(C)(C)C)cc3)OC(C)=O)C(C)(C)C2)CC1(C)C. The van der Waals surface area contributed by atoms with Gasteiger partial charge in [-0.05, 0) is 114 Å². The van der Waals surface area contributed by atoms with Gasteiger partial charge in [0.15, 0.2) is 0 Å². The number of piperidine rings is 2. The maximum atomic E-state index is 13.1. The molecule has 12 heteroatoms. The smallest absolute Gasteiger partial charge is 0.306 e. The summed E-state index contributed by atoms with van der Waals surface area (Å²) in [6.45, 7) is 34.6. The molecule has 2 aromatic rings. The van der Waals surface area contributed by atoms with E-state index in [2.05, 4.69) is 131 Å². The normalized spacial score (nSPS) is 19.4. The molecule has 2 saturated heterocycles. The number of carbonyl (C=O) groups excluding carboxylic acids is 4. The molecule has 0 aromatic heterocycles. The second-order valence-electron chi connectivity index (χ2n) is 24.8. The molecular weight excluding hydrogens is 885 g/mol. The zero-order valence-corrected chi connectivity index (χ0v) is 46.2. The molecule has 2 atom stereocenters. The van der Waals surface area contributed by atoms with Crippen molar-refractivity contribution in [1.29, 1.82) is 0 Å². The van der Waals surface area contributed by atoms with Gasteiger partial charge in [-0.3, -0.25) is 29.0 Å². The molecule has 2 unspecified atom stereocenters. The fraction of sp³-hybridized carbons (Fsp3) is 0.724. The van der Waals surface area contributed by atoms with Crippen molar-refractivity contribution in [3.8, 4) is 11.5 Å². The summed E-state index contributed by atoms with van der Waals surface area (Å²) in [6.07, 6.45) is 7.42. The first-order valence-corrected chi connectivity index (χ1v) is 26.1. The molecule has 0 aliphatic carbocycles. The van der Waals surface area contributed by atoms with Crippen LogP contribution in [-0.4, -0.2) is 107 Å². The molecule has 2 heterocycles. The van der Waals surface area contributed by atoms with Crippen molar-refractivity contribution >= 4 is 23.9 Å². The van der Waals surface area contributed by atoms with E-state index in [0.717, 1.165) is 50.0 Å². The average molecular weight is 977 g/mol. The minimum atomic E-state index is -0.474. The number of benzene rings is 2. The molecule has 0 spiro atoms. The van der Waals surface area contributed by atoms with E-state index in [0.29, 0.717) is 51.6 Å². The van der Waals surface area contributed by atoms with Crippen LogP contribution in [0.1, 0.15) is 199 Å². The summed E-state index contributed by atoms with van der Waals surface area (Å²) in [6, 6.07) is 16.2. The van der Waals surface area contributed by atoms with Gasteiger partial charge in [0.25, 0.3) is 0 Å². The lowest BCUT2D eigenvalue weighted by molar-refractivity contribution is -0.167. The fourth-order valence-electron chi connectivity index (χ4n) is 10.9. The summed E-state index contributed by atoms with van der Waals surface area (Å²) in [5, 5.41) is 0. The van der Waals surface area contributed by atoms with E-state index in [1.165, 1.54) is 25.0 Å². The van der Waals surface area contributed by atoms with Crippen LogP contribution in [0.15, 0.2) is 48.5 Å². The van der Waals surface area contributed by atoms with Crippen molar-refractivity contribution in [2.45, 2.75) is 245 Å². The van der Waals surface area contributed by atoms with Gasteiger partial charge in [-0.15, -0.1) is 0 Å². The monoisotopic (exact) mass is 977 g/mol. The van der Waals surface area contributed by atoms with Crippen molar-refractivity contribution in [2.75, 3.05) is 26.3 Å². The van der Waals surface area contributed by atoms with Crippen molar-refractivity contribution in [1.82, 2.24) is 9.80 Å². The summed E-state index contributed by atoms with van der Waals surface area (Å²) in [5.74, 6) is 0.445. The highest BCUT2D eigenvalue weighted by Gasteiger charge is 2.49. The van der Waals surface area contributed by atoms with Gasteiger partial charge in [0.2, 0.25) is 0 Å². The number of rotatable bonds is 23. The number of hydrogen-bond acceptors (Lipinski definition) is 12. The highest BCUT2D eigenvalue weighted by atomic mass is 16.6. The summed E-state index contributed by atoms with van der Waals surface area (Å²) in [4.78, 5) is 55.3. The first-order valence-electron chi connectivity index (χ1n) is 26.1. The Morgan fingerprint density at radius 1 is 0.500 bits per heavy atom. The van der Waals surface area contributed by atoms with E-state index in [4.69, 9.17) is 28.4 Å². The molecule has 70 heavy (non-hydrogen) atoms. The maximum Gasteiger partial charge on any atom is 0.306 e. The van der Waals surface area contributed by atoms with Gasteiger partial charge in [0.05, 0.1) is 0 Å². The fourth-order valence-corrected chi connectivity index (χ4v) is 10.9. The Labute approximate surface area is 422 Å². The molecule has 12 nitrogen and oxygen atoms in total. The van der Waals surface area contributed by atoms with Crippen molar-refractivity contribution in [2.24, 2.45) is 0 Å². The molecule has 0 radical (unpaired) electrons. The van der Waals surface area contributed by atoms with Gasteiger partial charge in [0, 0.05) is 87.6 Å². The van der Waals surface area contributed by atoms with Crippen LogP contribution in [0.5, 0.6) is 11.5 Å². The predicted molar refractivity (Wildman–Crippen MR) is 277 cm³/mol. The second kappa shape index (κ2) is 24.5. The molecule has 0 saturated carbocycles. The van der Waals surface area contributed by atoms with Crippen LogP contribution in [0.3, 0.4) is 0 Å². The number of likely N-dealkylation sites (tertiary alicyclic amines) is 2. The van der Waals surface area contributed by atoms with Crippen LogP contribution < -0.4 is 9.47 Å². The highest BCUT2D eigenvalue weighted by Crippen LogP contribution is 2.42. The number of nitrogens with zero attached hydrogens (tertiary/aromatic N) is 2. The lowest BCUT2D eigenvalue weighted by Gasteiger charge is -2.55. The number of hydrogen-bond donors (Lipinski definition) is 0. The van der Waals surface area contributed by atoms with E-state index >= 15 is 0 Å². The zero-order valence-electron chi connectivity index (χ0n) is 46.2. The Kier molecular flexibility index (Phi) is 20.5. The Bertz CT molecular complexity index is 1810. The lowest BCUT2D eigenvalue weighted by atomic mass is 9.77. The van der Waals surface area contributed by atoms with Crippen LogP contribution in [-0.2, 0) is 49.0 Å². The van der Waals surface area contributed by atoms with Crippen molar-refractivity contribution < 1.29 is 47.6 Å². The van der Waals surface area contributed by atoms with Crippen molar-refractivity contribution in [3.63, 3.8) is 0 Å². The highest BCUT2D eigenvalue weighted by molar-refractivity contribution is 5.70. The van der Waals surface area contributed by atoms with Gasteiger partial charge in [-0.1, -0.05) is 91.5 Å². The number of carbonyl (C=O) groups is 4. The minimum Gasteiger partial charge on any atom is -0.490 e. The van der Waals surface area contributed by atoms with Crippen LogP contribution in [0.4, 0.5) is 0 Å². The molecular formula is C58H92N2O10. The van der Waals surface area contributed by atoms with E-state index in [-0.39, 0.29) is 82.3 Å². The summed E-state index contributed by atoms with van der Waals surface area (Å²) >= 11 is 0. The quantitative estimate of drug-likeness (QED) is 0.0597. The summed E-state index contributed by atoms with van der Waals surface area (Å²) in [5.41, 5.74) is 1.21. The van der Waals surface area contributed by atoms with E-state index in [9.17, 15) is 19.2 Å². The second-order valence-corrected chi connectivity index (χ2v) is 24.8. The Morgan fingerprint density at radius 3 is 1.06 bits per heavy atom. The summed E-state index contributed by atoms with van der Waals surface area (Å²) < 4.78 is 36.0. The third kappa shape index (κ3) is 18.5. The first-order chi connectivity index (χ1) is 32.4. The molecule has 2 aliphatic heterocycles. The molecule has 0 bridgehead atoms. The first kappa shape index (κ1) is 58.4. The van der Waals surface area contributed by atoms with Gasteiger partial charge in [-0.25, -0.2) is 0 Å². The largest absolute Gasteiger partial charge is 0.490 e. The zero-order chi connectivity index (χ0) is 52.3. The summed E-state index contributed by atoms with van der Waals surface area (Å²) in [7, 11) is 0. The topological polar surface area (TPSA) is 130 Å². The van der Waals surface area contributed by atoms with Crippen molar-refractivity contribution in [3.05, 3.63) is 59.7 Å². The van der Waals surface area contributed by atoms with Crippen LogP contribution in [0.25, 0.3) is 0 Å². The Hall–Kier alpha value is -4.16.